The van der Waals surface area contributed by atoms with E-state index in [2.05, 4.69) is 25.3 Å². The molecule has 0 aliphatic rings. The lowest BCUT2D eigenvalue weighted by atomic mass is 10.4. The van der Waals surface area contributed by atoms with Crippen molar-refractivity contribution >= 4 is 39.9 Å². The summed E-state index contributed by atoms with van der Waals surface area (Å²) in [6.07, 6.45) is 2.99. The third-order valence-corrected chi connectivity index (χ3v) is 3.43. The Bertz CT molecular complexity index is 722. The highest BCUT2D eigenvalue weighted by atomic mass is 32.1. The highest BCUT2D eigenvalue weighted by molar-refractivity contribution is 7.08. The van der Waals surface area contributed by atoms with E-state index in [-0.39, 0.29) is 12.5 Å². The second-order valence-corrected chi connectivity index (χ2v) is 4.99. The Morgan fingerprint density at radius 3 is 3.15 bits per heavy atom. The summed E-state index contributed by atoms with van der Waals surface area (Å²) in [7, 11) is 1.80. The van der Waals surface area contributed by atoms with Gasteiger partial charge in [0.05, 0.1) is 18.6 Å². The Morgan fingerprint density at radius 1 is 1.45 bits per heavy atom. The second kappa shape index (κ2) is 5.25. The SMILES string of the molecule is CN(CC(=O)Nc1ccsc1)c1ncnc2nc[nH]c12. The molecule has 0 aromatic carbocycles. The van der Waals surface area contributed by atoms with Gasteiger partial charge in [0.1, 0.15) is 11.8 Å². The standard InChI is InChI=1S/C12H12N6OS/c1-18(4-9(19)17-8-2-3-20-5-8)12-10-11(14-6-13-10)15-7-16-12/h2-3,5-7H,4H2,1H3,(H,17,19)(H,13,14,15,16). The first-order valence-electron chi connectivity index (χ1n) is 5.91. The average molecular weight is 288 g/mol. The molecule has 20 heavy (non-hydrogen) atoms. The monoisotopic (exact) mass is 288 g/mol. The van der Waals surface area contributed by atoms with Gasteiger partial charge in [-0.25, -0.2) is 15.0 Å². The first-order chi connectivity index (χ1) is 9.74. The zero-order chi connectivity index (χ0) is 13.9. The van der Waals surface area contributed by atoms with Gasteiger partial charge in [-0.05, 0) is 11.4 Å². The molecular formula is C12H12N6OS. The Hall–Kier alpha value is -2.48. The molecule has 3 rings (SSSR count). The molecule has 7 nitrogen and oxygen atoms in total. The number of nitrogens with zero attached hydrogens (tertiary/aromatic N) is 4. The number of imidazole rings is 1. The van der Waals surface area contributed by atoms with E-state index in [9.17, 15) is 4.79 Å². The topological polar surface area (TPSA) is 86.8 Å². The minimum absolute atomic E-state index is 0.0998. The van der Waals surface area contributed by atoms with E-state index >= 15 is 0 Å². The average Bonchev–Trinajstić information content (AvgIpc) is 3.08. The van der Waals surface area contributed by atoms with Crippen molar-refractivity contribution in [3.05, 3.63) is 29.5 Å². The molecular weight excluding hydrogens is 276 g/mol. The molecule has 3 aromatic heterocycles. The number of amides is 1. The predicted molar refractivity (Wildman–Crippen MR) is 77.9 cm³/mol. The highest BCUT2D eigenvalue weighted by Crippen LogP contribution is 2.18. The number of hydrogen-bond donors (Lipinski definition) is 2. The zero-order valence-electron chi connectivity index (χ0n) is 10.7. The van der Waals surface area contributed by atoms with Crippen molar-refractivity contribution in [3.63, 3.8) is 0 Å². The third kappa shape index (κ3) is 2.45. The summed E-state index contributed by atoms with van der Waals surface area (Å²) in [5.74, 6) is 0.546. The van der Waals surface area contributed by atoms with Crippen molar-refractivity contribution < 1.29 is 4.79 Å². The third-order valence-electron chi connectivity index (χ3n) is 2.75. The fraction of sp³-hybridized carbons (Fsp3) is 0.167. The number of H-pyrrole nitrogens is 1. The fourth-order valence-electron chi connectivity index (χ4n) is 1.87. The van der Waals surface area contributed by atoms with Crippen LogP contribution in [0, 0.1) is 0 Å². The summed E-state index contributed by atoms with van der Waals surface area (Å²) in [5.41, 5.74) is 2.11. The second-order valence-electron chi connectivity index (χ2n) is 4.21. The Kier molecular flexibility index (Phi) is 3.30. The zero-order valence-corrected chi connectivity index (χ0v) is 11.5. The molecule has 0 spiro atoms. The fourth-order valence-corrected chi connectivity index (χ4v) is 2.46. The van der Waals surface area contributed by atoms with Crippen LogP contribution in [0.2, 0.25) is 0 Å². The number of fused-ring (bicyclic) bond motifs is 1. The summed E-state index contributed by atoms with van der Waals surface area (Å²) >= 11 is 1.54. The van der Waals surface area contributed by atoms with Crippen molar-refractivity contribution in [2.24, 2.45) is 0 Å². The summed E-state index contributed by atoms with van der Waals surface area (Å²) in [6.45, 7) is 0.195. The molecule has 0 aliphatic carbocycles. The largest absolute Gasteiger partial charge is 0.348 e. The predicted octanol–water partition coefficient (Wildman–Crippen LogP) is 1.49. The van der Waals surface area contributed by atoms with Gasteiger partial charge in [0.2, 0.25) is 5.91 Å². The number of aromatic amines is 1. The number of nitrogens with one attached hydrogen (secondary N) is 2. The lowest BCUT2D eigenvalue weighted by molar-refractivity contribution is -0.114. The van der Waals surface area contributed by atoms with Crippen LogP contribution in [0.25, 0.3) is 11.2 Å². The lowest BCUT2D eigenvalue weighted by Crippen LogP contribution is -2.30. The van der Waals surface area contributed by atoms with Crippen LogP contribution in [0.1, 0.15) is 0 Å². The maximum atomic E-state index is 12.0. The number of rotatable bonds is 4. The first kappa shape index (κ1) is 12.5. The van der Waals surface area contributed by atoms with Crippen molar-refractivity contribution in [2.45, 2.75) is 0 Å². The maximum absolute atomic E-state index is 12.0. The van der Waals surface area contributed by atoms with Gasteiger partial charge in [-0.15, -0.1) is 0 Å². The highest BCUT2D eigenvalue weighted by Gasteiger charge is 2.13. The van der Waals surface area contributed by atoms with E-state index in [4.69, 9.17) is 0 Å². The molecule has 1 amide bonds. The molecule has 8 heteroatoms. The van der Waals surface area contributed by atoms with Crippen LogP contribution in [0.15, 0.2) is 29.5 Å². The minimum atomic E-state index is -0.0998. The Morgan fingerprint density at radius 2 is 2.35 bits per heavy atom. The van der Waals surface area contributed by atoms with Gasteiger partial charge in [-0.3, -0.25) is 4.79 Å². The number of carbonyl (C=O) groups is 1. The first-order valence-corrected chi connectivity index (χ1v) is 6.85. The van der Waals surface area contributed by atoms with E-state index in [1.54, 1.807) is 18.3 Å². The molecule has 0 atom stereocenters. The molecule has 0 unspecified atom stereocenters. The number of carbonyl (C=O) groups excluding carboxylic acids is 1. The molecule has 0 fully saturated rings. The van der Waals surface area contributed by atoms with Gasteiger partial charge in [-0.1, -0.05) is 0 Å². The number of thiophene rings is 1. The summed E-state index contributed by atoms with van der Waals surface area (Å²) in [4.78, 5) is 29.0. The van der Waals surface area contributed by atoms with Crippen molar-refractivity contribution in [1.29, 1.82) is 0 Å². The molecule has 0 radical (unpaired) electrons. The molecule has 3 heterocycles. The van der Waals surface area contributed by atoms with Gasteiger partial charge in [0.15, 0.2) is 11.5 Å². The minimum Gasteiger partial charge on any atom is -0.348 e. The summed E-state index contributed by atoms with van der Waals surface area (Å²) in [6, 6.07) is 1.86. The van der Waals surface area contributed by atoms with Gasteiger partial charge in [0.25, 0.3) is 0 Å². The normalized spacial score (nSPS) is 10.7. The molecule has 3 aromatic rings. The smallest absolute Gasteiger partial charge is 0.243 e. The van der Waals surface area contributed by atoms with Crippen LogP contribution in [-0.4, -0.2) is 39.4 Å². The van der Waals surface area contributed by atoms with E-state index in [1.165, 1.54) is 17.7 Å². The molecule has 0 saturated heterocycles. The van der Waals surface area contributed by atoms with Crippen LogP contribution in [-0.2, 0) is 4.79 Å². The summed E-state index contributed by atoms with van der Waals surface area (Å²) in [5, 5.41) is 6.62. The van der Waals surface area contributed by atoms with Gasteiger partial charge >= 0.3 is 0 Å². The maximum Gasteiger partial charge on any atom is 0.243 e. The molecule has 0 bridgehead atoms. The van der Waals surface area contributed by atoms with Gasteiger partial charge < -0.3 is 15.2 Å². The number of hydrogen-bond acceptors (Lipinski definition) is 6. The number of aromatic nitrogens is 4. The van der Waals surface area contributed by atoms with Crippen molar-refractivity contribution in [2.75, 3.05) is 23.8 Å². The van der Waals surface area contributed by atoms with Crippen molar-refractivity contribution in [1.82, 2.24) is 19.9 Å². The van der Waals surface area contributed by atoms with E-state index in [0.29, 0.717) is 11.5 Å². The summed E-state index contributed by atoms with van der Waals surface area (Å²) < 4.78 is 0. The van der Waals surface area contributed by atoms with Crippen LogP contribution < -0.4 is 10.2 Å². The van der Waals surface area contributed by atoms with Gasteiger partial charge in [-0.2, -0.15) is 11.3 Å². The van der Waals surface area contributed by atoms with Crippen LogP contribution in [0.3, 0.4) is 0 Å². The number of anilines is 2. The lowest BCUT2D eigenvalue weighted by Gasteiger charge is -2.17. The number of likely N-dealkylation sites (N-methyl/N-ethyl adjacent to an activating group) is 1. The van der Waals surface area contributed by atoms with Crippen molar-refractivity contribution in [3.8, 4) is 0 Å². The Labute approximate surface area is 118 Å². The molecule has 2 N–H and O–H groups in total. The van der Waals surface area contributed by atoms with Crippen LogP contribution in [0.5, 0.6) is 0 Å². The van der Waals surface area contributed by atoms with Gasteiger partial charge in [0, 0.05) is 12.4 Å². The van der Waals surface area contributed by atoms with Crippen LogP contribution in [0.4, 0.5) is 11.5 Å². The Balaban J connectivity index is 1.74. The molecule has 0 aliphatic heterocycles. The van der Waals surface area contributed by atoms with E-state index < -0.39 is 0 Å². The molecule has 0 saturated carbocycles. The quantitative estimate of drug-likeness (QED) is 0.759. The van der Waals surface area contributed by atoms with Crippen LogP contribution >= 0.6 is 11.3 Å². The van der Waals surface area contributed by atoms with E-state index in [1.807, 2.05) is 16.8 Å². The van der Waals surface area contributed by atoms with E-state index in [0.717, 1.165) is 11.2 Å². The molecule has 102 valence electrons.